The Balaban J connectivity index is 2.45. The summed E-state index contributed by atoms with van der Waals surface area (Å²) in [6.07, 6.45) is 7.11. The fourth-order valence-electron chi connectivity index (χ4n) is 2.53. The number of esters is 1. The summed E-state index contributed by atoms with van der Waals surface area (Å²) < 4.78 is 4.73. The van der Waals surface area contributed by atoms with Crippen molar-refractivity contribution in [3.8, 4) is 0 Å². The van der Waals surface area contributed by atoms with E-state index in [4.69, 9.17) is 4.74 Å². The normalized spacial score (nSPS) is 23.8. The first-order valence-electron chi connectivity index (χ1n) is 7.22. The Morgan fingerprint density at radius 1 is 1.35 bits per heavy atom. The molecular formula is C14H26N2O3S. The summed E-state index contributed by atoms with van der Waals surface area (Å²) in [5, 5.41) is 5.72. The number of hydrogen-bond donors (Lipinski definition) is 2. The van der Waals surface area contributed by atoms with Gasteiger partial charge >= 0.3 is 12.0 Å². The van der Waals surface area contributed by atoms with Gasteiger partial charge in [0.05, 0.1) is 7.11 Å². The summed E-state index contributed by atoms with van der Waals surface area (Å²) >= 11 is 1.64. The first-order chi connectivity index (χ1) is 9.58. The van der Waals surface area contributed by atoms with E-state index in [-0.39, 0.29) is 18.0 Å². The van der Waals surface area contributed by atoms with Gasteiger partial charge in [-0.05, 0) is 37.2 Å². The van der Waals surface area contributed by atoms with E-state index >= 15 is 0 Å². The zero-order valence-corrected chi connectivity index (χ0v) is 13.4. The van der Waals surface area contributed by atoms with Gasteiger partial charge < -0.3 is 15.4 Å². The molecule has 0 aromatic heterocycles. The molecule has 0 aromatic carbocycles. The number of amides is 2. The number of nitrogens with one attached hydrogen (secondary N) is 2. The van der Waals surface area contributed by atoms with Gasteiger partial charge in [0.1, 0.15) is 6.04 Å². The molecule has 0 saturated heterocycles. The van der Waals surface area contributed by atoms with Crippen molar-refractivity contribution in [3.63, 3.8) is 0 Å². The molecule has 5 nitrogen and oxygen atoms in total. The van der Waals surface area contributed by atoms with Gasteiger partial charge in [0.25, 0.3) is 0 Å². The molecule has 1 rings (SSSR count). The summed E-state index contributed by atoms with van der Waals surface area (Å²) in [6.45, 7) is 2.16. The molecule has 0 aromatic rings. The van der Waals surface area contributed by atoms with Crippen LogP contribution in [0.3, 0.4) is 0 Å². The standard InChI is InChI=1S/C14H26N2O3S/c1-10-6-4-5-7-11(10)15-14(18)16-12(8-9-20-3)13(17)19-2/h10-12H,4-9H2,1-3H3,(H2,15,16,18)/t10?,11?,12-/m1/s1. The molecule has 2 N–H and O–H groups in total. The SMILES string of the molecule is COC(=O)[C@@H](CCSC)NC(=O)NC1CCCCC1C. The minimum atomic E-state index is -0.564. The highest BCUT2D eigenvalue weighted by Gasteiger charge is 2.25. The van der Waals surface area contributed by atoms with Gasteiger partial charge in [-0.25, -0.2) is 9.59 Å². The molecule has 3 atom stereocenters. The van der Waals surface area contributed by atoms with E-state index in [2.05, 4.69) is 17.6 Å². The number of methoxy groups -OCH3 is 1. The van der Waals surface area contributed by atoms with Crippen LogP contribution in [0.25, 0.3) is 0 Å². The summed E-state index contributed by atoms with van der Waals surface area (Å²) in [4.78, 5) is 23.6. The van der Waals surface area contributed by atoms with Crippen LogP contribution in [0.4, 0.5) is 4.79 Å². The molecule has 6 heteroatoms. The van der Waals surface area contributed by atoms with Crippen LogP contribution in [-0.2, 0) is 9.53 Å². The lowest BCUT2D eigenvalue weighted by atomic mass is 9.86. The van der Waals surface area contributed by atoms with E-state index in [1.165, 1.54) is 13.5 Å². The lowest BCUT2D eigenvalue weighted by Crippen LogP contribution is -2.51. The molecule has 1 saturated carbocycles. The monoisotopic (exact) mass is 302 g/mol. The van der Waals surface area contributed by atoms with Crippen molar-refractivity contribution in [3.05, 3.63) is 0 Å². The quantitative estimate of drug-likeness (QED) is 0.738. The lowest BCUT2D eigenvalue weighted by molar-refractivity contribution is -0.142. The van der Waals surface area contributed by atoms with Gasteiger partial charge in [-0.1, -0.05) is 19.8 Å². The predicted molar refractivity (Wildman–Crippen MR) is 81.9 cm³/mol. The highest BCUT2D eigenvalue weighted by molar-refractivity contribution is 7.98. The Kier molecular flexibility index (Phi) is 7.80. The van der Waals surface area contributed by atoms with Gasteiger partial charge in [-0.15, -0.1) is 0 Å². The zero-order chi connectivity index (χ0) is 15.0. The molecule has 0 spiro atoms. The van der Waals surface area contributed by atoms with Crippen LogP contribution in [-0.4, -0.2) is 43.2 Å². The number of carbonyl (C=O) groups is 2. The topological polar surface area (TPSA) is 67.4 Å². The Morgan fingerprint density at radius 3 is 2.65 bits per heavy atom. The summed E-state index contributed by atoms with van der Waals surface area (Å²) in [6, 6.07) is -0.616. The van der Waals surface area contributed by atoms with Crippen molar-refractivity contribution in [2.45, 2.75) is 51.1 Å². The van der Waals surface area contributed by atoms with Crippen molar-refractivity contribution < 1.29 is 14.3 Å². The largest absolute Gasteiger partial charge is 0.467 e. The van der Waals surface area contributed by atoms with Crippen molar-refractivity contribution in [1.82, 2.24) is 10.6 Å². The van der Waals surface area contributed by atoms with E-state index < -0.39 is 6.04 Å². The third kappa shape index (κ3) is 5.61. The van der Waals surface area contributed by atoms with E-state index in [9.17, 15) is 9.59 Å². The van der Waals surface area contributed by atoms with Crippen LogP contribution in [0, 0.1) is 5.92 Å². The average molecular weight is 302 g/mol. The maximum absolute atomic E-state index is 12.0. The smallest absolute Gasteiger partial charge is 0.328 e. The average Bonchev–Trinajstić information content (AvgIpc) is 2.45. The molecule has 0 heterocycles. The van der Waals surface area contributed by atoms with Crippen LogP contribution < -0.4 is 10.6 Å². The second kappa shape index (κ2) is 9.10. The number of urea groups is 1. The molecule has 2 unspecified atom stereocenters. The van der Waals surface area contributed by atoms with E-state index in [1.54, 1.807) is 11.8 Å². The Hall–Kier alpha value is -0.910. The number of carbonyl (C=O) groups excluding carboxylic acids is 2. The summed E-state index contributed by atoms with van der Waals surface area (Å²) in [5.41, 5.74) is 0. The molecule has 20 heavy (non-hydrogen) atoms. The maximum atomic E-state index is 12.0. The molecule has 2 amide bonds. The van der Waals surface area contributed by atoms with E-state index in [1.807, 2.05) is 6.26 Å². The van der Waals surface area contributed by atoms with Crippen molar-refractivity contribution >= 4 is 23.8 Å². The minimum Gasteiger partial charge on any atom is -0.467 e. The van der Waals surface area contributed by atoms with Crippen LogP contribution >= 0.6 is 11.8 Å². The minimum absolute atomic E-state index is 0.211. The highest BCUT2D eigenvalue weighted by atomic mass is 32.2. The molecule has 0 aliphatic heterocycles. The fraction of sp³-hybridized carbons (Fsp3) is 0.857. The predicted octanol–water partition coefficient (Wildman–Crippen LogP) is 2.16. The van der Waals surface area contributed by atoms with E-state index in [0.717, 1.165) is 25.0 Å². The number of hydrogen-bond acceptors (Lipinski definition) is 4. The van der Waals surface area contributed by atoms with Gasteiger partial charge in [-0.3, -0.25) is 0 Å². The Labute approximate surface area is 125 Å². The lowest BCUT2D eigenvalue weighted by Gasteiger charge is -2.30. The number of ether oxygens (including phenoxy) is 1. The van der Waals surface area contributed by atoms with Crippen LogP contribution in [0.2, 0.25) is 0 Å². The molecule has 116 valence electrons. The van der Waals surface area contributed by atoms with Crippen molar-refractivity contribution in [2.24, 2.45) is 5.92 Å². The molecule has 0 radical (unpaired) electrons. The molecular weight excluding hydrogens is 276 g/mol. The van der Waals surface area contributed by atoms with Gasteiger partial charge in [0.15, 0.2) is 0 Å². The van der Waals surface area contributed by atoms with Crippen molar-refractivity contribution in [2.75, 3.05) is 19.1 Å². The first kappa shape index (κ1) is 17.1. The Morgan fingerprint density at radius 2 is 2.05 bits per heavy atom. The number of thioether (sulfide) groups is 1. The molecule has 1 aliphatic rings. The van der Waals surface area contributed by atoms with E-state index in [0.29, 0.717) is 12.3 Å². The maximum Gasteiger partial charge on any atom is 0.328 e. The van der Waals surface area contributed by atoms with Crippen LogP contribution in [0.15, 0.2) is 0 Å². The van der Waals surface area contributed by atoms with Crippen molar-refractivity contribution in [1.29, 1.82) is 0 Å². The van der Waals surface area contributed by atoms with Gasteiger partial charge in [0, 0.05) is 6.04 Å². The second-order valence-electron chi connectivity index (χ2n) is 5.34. The summed E-state index contributed by atoms with van der Waals surface area (Å²) in [5.74, 6) is 0.919. The summed E-state index contributed by atoms with van der Waals surface area (Å²) in [7, 11) is 1.34. The second-order valence-corrected chi connectivity index (χ2v) is 6.33. The number of rotatable bonds is 6. The van der Waals surface area contributed by atoms with Crippen LogP contribution in [0.1, 0.15) is 39.0 Å². The fourth-order valence-corrected chi connectivity index (χ4v) is 3.00. The van der Waals surface area contributed by atoms with Crippen LogP contribution in [0.5, 0.6) is 0 Å². The van der Waals surface area contributed by atoms with Gasteiger partial charge in [0.2, 0.25) is 0 Å². The first-order valence-corrected chi connectivity index (χ1v) is 8.61. The Bertz CT molecular complexity index is 326. The molecule has 1 fully saturated rings. The molecule has 0 bridgehead atoms. The highest BCUT2D eigenvalue weighted by Crippen LogP contribution is 2.23. The van der Waals surface area contributed by atoms with Gasteiger partial charge in [-0.2, -0.15) is 11.8 Å². The third-order valence-electron chi connectivity index (χ3n) is 3.83. The zero-order valence-electron chi connectivity index (χ0n) is 12.6. The third-order valence-corrected chi connectivity index (χ3v) is 4.47. The molecule has 1 aliphatic carbocycles.